The number of carbonyl (C=O) groups excluding carboxylic acids is 1. The van der Waals surface area contributed by atoms with Crippen LogP contribution in [-0.2, 0) is 11.8 Å². The van der Waals surface area contributed by atoms with Crippen molar-refractivity contribution in [2.24, 2.45) is 7.05 Å². The van der Waals surface area contributed by atoms with E-state index in [1.54, 1.807) is 12.3 Å². The van der Waals surface area contributed by atoms with Crippen molar-refractivity contribution in [1.29, 1.82) is 0 Å². The summed E-state index contributed by atoms with van der Waals surface area (Å²) in [5.74, 6) is 0.867. The molecule has 1 aromatic heterocycles. The monoisotopic (exact) mass is 150 g/mol. The summed E-state index contributed by atoms with van der Waals surface area (Å²) in [4.78, 5) is 14.0. The summed E-state index contributed by atoms with van der Waals surface area (Å²) in [7, 11) is 1.91. The predicted molar refractivity (Wildman–Crippen MR) is 42.9 cm³/mol. The average Bonchev–Trinajstić information content (AvgIpc) is 2.37. The Morgan fingerprint density at radius 2 is 2.55 bits per heavy atom. The van der Waals surface area contributed by atoms with Gasteiger partial charge in [0.1, 0.15) is 12.1 Å². The fourth-order valence-corrected chi connectivity index (χ4v) is 0.767. The second kappa shape index (κ2) is 3.71. The van der Waals surface area contributed by atoms with Crippen LogP contribution in [0.25, 0.3) is 6.08 Å². The summed E-state index contributed by atoms with van der Waals surface area (Å²) < 4.78 is 1.89. The largest absolute Gasteiger partial charge is 0.335 e. The molecule has 0 bridgehead atoms. The molecule has 0 unspecified atom stereocenters. The first-order valence-corrected chi connectivity index (χ1v) is 3.42. The van der Waals surface area contributed by atoms with Crippen molar-refractivity contribution >= 4 is 12.4 Å². The van der Waals surface area contributed by atoms with Crippen molar-refractivity contribution in [3.8, 4) is 0 Å². The van der Waals surface area contributed by atoms with Gasteiger partial charge in [0.2, 0.25) is 0 Å². The van der Waals surface area contributed by atoms with Crippen LogP contribution in [0.4, 0.5) is 0 Å². The zero-order valence-electron chi connectivity index (χ0n) is 6.40. The van der Waals surface area contributed by atoms with Crippen LogP contribution in [0, 0.1) is 0 Å². The number of aromatic nitrogens is 2. The lowest BCUT2D eigenvalue weighted by Gasteiger charge is -1.91. The number of nitrogens with zero attached hydrogens (tertiary/aromatic N) is 2. The number of aryl methyl sites for hydroxylation is 1. The Labute approximate surface area is 65.4 Å². The molecule has 0 spiro atoms. The Morgan fingerprint density at radius 1 is 1.73 bits per heavy atom. The molecule has 0 radical (unpaired) electrons. The topological polar surface area (TPSA) is 34.9 Å². The lowest BCUT2D eigenvalue weighted by Crippen LogP contribution is -1.88. The highest BCUT2D eigenvalue weighted by Gasteiger charge is 1.89. The molecule has 0 saturated carbocycles. The van der Waals surface area contributed by atoms with Crippen LogP contribution in [0.15, 0.2) is 18.5 Å². The summed E-state index contributed by atoms with van der Waals surface area (Å²) >= 11 is 0. The van der Waals surface area contributed by atoms with Gasteiger partial charge in [-0.2, -0.15) is 0 Å². The zero-order chi connectivity index (χ0) is 8.10. The highest BCUT2D eigenvalue weighted by Crippen LogP contribution is 1.96. The maximum atomic E-state index is 9.94. The first-order chi connectivity index (χ1) is 5.34. The number of hydrogen-bond donors (Lipinski definition) is 0. The van der Waals surface area contributed by atoms with Gasteiger partial charge in [-0.1, -0.05) is 6.08 Å². The third-order valence-electron chi connectivity index (χ3n) is 1.36. The van der Waals surface area contributed by atoms with Crippen molar-refractivity contribution in [2.45, 2.75) is 6.42 Å². The molecule has 0 saturated heterocycles. The van der Waals surface area contributed by atoms with E-state index in [0.717, 1.165) is 12.1 Å². The first kappa shape index (κ1) is 7.72. The maximum Gasteiger partial charge on any atom is 0.131 e. The molecule has 3 nitrogen and oxygen atoms in total. The van der Waals surface area contributed by atoms with Gasteiger partial charge in [-0.25, -0.2) is 4.98 Å². The molecule has 1 aromatic rings. The highest BCUT2D eigenvalue weighted by molar-refractivity contribution is 5.55. The second-order valence-corrected chi connectivity index (χ2v) is 2.20. The van der Waals surface area contributed by atoms with E-state index in [1.807, 2.05) is 23.9 Å². The van der Waals surface area contributed by atoms with E-state index in [4.69, 9.17) is 0 Å². The van der Waals surface area contributed by atoms with Gasteiger partial charge in [0.05, 0.1) is 0 Å². The minimum absolute atomic E-state index is 0.451. The van der Waals surface area contributed by atoms with E-state index in [-0.39, 0.29) is 0 Å². The minimum atomic E-state index is 0.451. The number of rotatable bonds is 3. The van der Waals surface area contributed by atoms with Crippen molar-refractivity contribution in [1.82, 2.24) is 9.55 Å². The quantitative estimate of drug-likeness (QED) is 0.603. The van der Waals surface area contributed by atoms with E-state index in [0.29, 0.717) is 6.42 Å². The molecule has 58 valence electrons. The predicted octanol–water partition coefficient (Wildman–Crippen LogP) is 1.02. The Bertz CT molecular complexity index is 263. The fraction of sp³-hybridized carbons (Fsp3) is 0.250. The Kier molecular flexibility index (Phi) is 2.60. The molecule has 0 aliphatic heterocycles. The third kappa shape index (κ3) is 2.04. The van der Waals surface area contributed by atoms with E-state index < -0.39 is 0 Å². The Hall–Kier alpha value is -1.38. The van der Waals surface area contributed by atoms with E-state index in [2.05, 4.69) is 4.98 Å². The highest BCUT2D eigenvalue weighted by atomic mass is 16.1. The van der Waals surface area contributed by atoms with E-state index in [9.17, 15) is 4.79 Å². The van der Waals surface area contributed by atoms with Crippen LogP contribution in [0.2, 0.25) is 0 Å². The fourth-order valence-electron chi connectivity index (χ4n) is 0.767. The standard InChI is InChI=1S/C8H10N2O/c1-10-6-5-9-8(10)4-2-3-7-11/h2,4-7H,3H2,1H3. The zero-order valence-corrected chi connectivity index (χ0v) is 6.40. The number of carbonyl (C=O) groups is 1. The van der Waals surface area contributed by atoms with Gasteiger partial charge in [-0.05, 0) is 6.08 Å². The van der Waals surface area contributed by atoms with Crippen LogP contribution in [-0.4, -0.2) is 15.8 Å². The van der Waals surface area contributed by atoms with Crippen molar-refractivity contribution in [3.63, 3.8) is 0 Å². The number of imidazole rings is 1. The summed E-state index contributed by atoms with van der Waals surface area (Å²) in [5, 5.41) is 0. The maximum absolute atomic E-state index is 9.94. The Balaban J connectivity index is 2.63. The first-order valence-electron chi connectivity index (χ1n) is 3.42. The molecule has 1 rings (SSSR count). The van der Waals surface area contributed by atoms with Gasteiger partial charge in [-0.15, -0.1) is 0 Å². The van der Waals surface area contributed by atoms with E-state index in [1.165, 1.54) is 0 Å². The van der Waals surface area contributed by atoms with Gasteiger partial charge in [0, 0.05) is 25.9 Å². The summed E-state index contributed by atoms with van der Waals surface area (Å²) in [5.41, 5.74) is 0. The molecular formula is C8H10N2O. The SMILES string of the molecule is Cn1ccnc1C=CCC=O. The molecule has 0 aromatic carbocycles. The van der Waals surface area contributed by atoms with Crippen molar-refractivity contribution in [3.05, 3.63) is 24.3 Å². The van der Waals surface area contributed by atoms with Gasteiger partial charge < -0.3 is 9.36 Å². The molecule has 3 heteroatoms. The molecule has 0 aliphatic carbocycles. The lowest BCUT2D eigenvalue weighted by molar-refractivity contribution is -0.107. The normalized spacial score (nSPS) is 10.6. The molecule has 0 atom stereocenters. The third-order valence-corrected chi connectivity index (χ3v) is 1.36. The molecule has 0 amide bonds. The smallest absolute Gasteiger partial charge is 0.131 e. The van der Waals surface area contributed by atoms with Gasteiger partial charge in [0.25, 0.3) is 0 Å². The number of allylic oxidation sites excluding steroid dienone is 1. The van der Waals surface area contributed by atoms with Crippen LogP contribution in [0.5, 0.6) is 0 Å². The minimum Gasteiger partial charge on any atom is -0.335 e. The van der Waals surface area contributed by atoms with Gasteiger partial charge >= 0.3 is 0 Å². The molecule has 11 heavy (non-hydrogen) atoms. The average molecular weight is 150 g/mol. The Morgan fingerprint density at radius 3 is 3.09 bits per heavy atom. The molecule has 0 aliphatic rings. The molecular weight excluding hydrogens is 140 g/mol. The summed E-state index contributed by atoms with van der Waals surface area (Å²) in [6.07, 6.45) is 8.51. The summed E-state index contributed by atoms with van der Waals surface area (Å²) in [6, 6.07) is 0. The van der Waals surface area contributed by atoms with Crippen LogP contribution < -0.4 is 0 Å². The molecule has 0 N–H and O–H groups in total. The van der Waals surface area contributed by atoms with Crippen LogP contribution in [0.1, 0.15) is 12.2 Å². The number of hydrogen-bond acceptors (Lipinski definition) is 2. The van der Waals surface area contributed by atoms with E-state index >= 15 is 0 Å². The number of aldehydes is 1. The van der Waals surface area contributed by atoms with Crippen LogP contribution >= 0.6 is 0 Å². The van der Waals surface area contributed by atoms with Crippen molar-refractivity contribution < 1.29 is 4.79 Å². The lowest BCUT2D eigenvalue weighted by atomic mass is 10.4. The second-order valence-electron chi connectivity index (χ2n) is 2.20. The molecule has 0 fully saturated rings. The van der Waals surface area contributed by atoms with Crippen molar-refractivity contribution in [2.75, 3.05) is 0 Å². The van der Waals surface area contributed by atoms with Gasteiger partial charge in [-0.3, -0.25) is 0 Å². The van der Waals surface area contributed by atoms with Gasteiger partial charge in [0.15, 0.2) is 0 Å². The molecule has 1 heterocycles. The summed E-state index contributed by atoms with van der Waals surface area (Å²) in [6.45, 7) is 0. The van der Waals surface area contributed by atoms with Crippen LogP contribution in [0.3, 0.4) is 0 Å².